The molecule has 0 bridgehead atoms. The zero-order valence-electron chi connectivity index (χ0n) is 14.8. The van der Waals surface area contributed by atoms with Crippen LogP contribution < -0.4 is 5.32 Å². The fourth-order valence-corrected chi connectivity index (χ4v) is 3.05. The Morgan fingerprint density at radius 1 is 0.964 bits per heavy atom. The summed E-state index contributed by atoms with van der Waals surface area (Å²) < 4.78 is 46.0. The Hall–Kier alpha value is -3.28. The molecule has 0 aromatic heterocycles. The third-order valence-corrected chi connectivity index (χ3v) is 4.46. The van der Waals surface area contributed by atoms with Gasteiger partial charge in [-0.3, -0.25) is 0 Å². The fraction of sp³-hybridized carbons (Fsp3) is 0.136. The molecule has 6 heteroatoms. The summed E-state index contributed by atoms with van der Waals surface area (Å²) in [5.41, 5.74) is 0.331. The van der Waals surface area contributed by atoms with E-state index in [2.05, 4.69) is 10.3 Å². The zero-order valence-corrected chi connectivity index (χ0v) is 14.8. The average Bonchev–Trinajstić information content (AvgIpc) is 3.16. The normalized spacial score (nSPS) is 17.3. The Bertz CT molecular complexity index is 1040. The molecule has 1 unspecified atom stereocenters. The van der Waals surface area contributed by atoms with Gasteiger partial charge in [0.05, 0.1) is 0 Å². The van der Waals surface area contributed by atoms with Crippen molar-refractivity contribution in [1.82, 2.24) is 0 Å². The summed E-state index contributed by atoms with van der Waals surface area (Å²) in [5.74, 6) is -0.0329. The summed E-state index contributed by atoms with van der Waals surface area (Å²) in [5, 5.41) is 4.28. The second-order valence-electron chi connectivity index (χ2n) is 6.45. The van der Waals surface area contributed by atoms with E-state index in [1.165, 1.54) is 0 Å². The second-order valence-corrected chi connectivity index (χ2v) is 6.45. The van der Waals surface area contributed by atoms with E-state index in [9.17, 15) is 13.2 Å². The summed E-state index contributed by atoms with van der Waals surface area (Å²) in [7, 11) is 0. The minimum Gasteiger partial charge on any atom is -0.475 e. The predicted molar refractivity (Wildman–Crippen MR) is 104 cm³/mol. The van der Waals surface area contributed by atoms with Crippen molar-refractivity contribution in [2.45, 2.75) is 12.2 Å². The Kier molecular flexibility index (Phi) is 4.77. The van der Waals surface area contributed by atoms with Gasteiger partial charge in [0.2, 0.25) is 5.90 Å². The van der Waals surface area contributed by atoms with Crippen LogP contribution in [0.5, 0.6) is 0 Å². The number of benzene rings is 3. The number of aliphatic imine (C=N–C) groups is 1. The quantitative estimate of drug-likeness (QED) is 0.612. The number of fused-ring (bicyclic) bond motifs is 1. The molecule has 1 aliphatic heterocycles. The molecule has 0 saturated heterocycles. The van der Waals surface area contributed by atoms with E-state index in [0.717, 1.165) is 22.4 Å². The van der Waals surface area contributed by atoms with Gasteiger partial charge in [0.15, 0.2) is 0 Å². The monoisotopic (exact) mass is 382 g/mol. The molecule has 1 heterocycles. The molecule has 1 atom stereocenters. The summed E-state index contributed by atoms with van der Waals surface area (Å²) in [6, 6.07) is 21.6. The number of nitrogens with zero attached hydrogens (tertiary/aromatic N) is 1. The number of hydrogen-bond donors (Lipinski definition) is 1. The van der Waals surface area contributed by atoms with Gasteiger partial charge in [-0.1, -0.05) is 60.7 Å². The number of alkyl halides is 3. The second kappa shape index (κ2) is 7.38. The molecule has 0 radical (unpaired) electrons. The van der Waals surface area contributed by atoms with Crippen molar-refractivity contribution in [3.63, 3.8) is 0 Å². The lowest BCUT2D eigenvalue weighted by Gasteiger charge is -2.15. The van der Waals surface area contributed by atoms with E-state index in [-0.39, 0.29) is 18.5 Å². The maximum atomic E-state index is 13.6. The highest BCUT2D eigenvalue weighted by molar-refractivity contribution is 5.91. The molecule has 0 saturated carbocycles. The van der Waals surface area contributed by atoms with Crippen LogP contribution in [0.3, 0.4) is 0 Å². The first kappa shape index (κ1) is 18.1. The Balaban J connectivity index is 1.61. The maximum Gasteiger partial charge on any atom is 0.431 e. The van der Waals surface area contributed by atoms with Crippen molar-refractivity contribution < 1.29 is 17.9 Å². The van der Waals surface area contributed by atoms with Crippen molar-refractivity contribution in [3.8, 4) is 0 Å². The van der Waals surface area contributed by atoms with E-state index in [1.54, 1.807) is 18.2 Å². The molecule has 28 heavy (non-hydrogen) atoms. The van der Waals surface area contributed by atoms with Gasteiger partial charge in [-0.2, -0.15) is 13.2 Å². The van der Waals surface area contributed by atoms with Crippen LogP contribution in [0, 0.1) is 0 Å². The third-order valence-electron chi connectivity index (χ3n) is 4.46. The molecule has 3 aromatic rings. The van der Waals surface area contributed by atoms with Crippen LogP contribution in [0.15, 0.2) is 89.6 Å². The topological polar surface area (TPSA) is 33.6 Å². The molecule has 1 aliphatic rings. The van der Waals surface area contributed by atoms with Crippen LogP contribution in [-0.2, 0) is 4.74 Å². The number of hydrogen-bond acceptors (Lipinski definition) is 3. The van der Waals surface area contributed by atoms with Gasteiger partial charge < -0.3 is 10.1 Å². The summed E-state index contributed by atoms with van der Waals surface area (Å²) in [4.78, 5) is 4.28. The smallest absolute Gasteiger partial charge is 0.431 e. The van der Waals surface area contributed by atoms with E-state index in [1.807, 2.05) is 54.6 Å². The highest BCUT2D eigenvalue weighted by Crippen LogP contribution is 2.30. The van der Waals surface area contributed by atoms with Crippen LogP contribution in [0.1, 0.15) is 11.6 Å². The predicted octanol–water partition coefficient (Wildman–Crippen LogP) is 5.87. The van der Waals surface area contributed by atoms with Gasteiger partial charge in [0, 0.05) is 11.8 Å². The van der Waals surface area contributed by atoms with E-state index < -0.39 is 11.9 Å². The first-order valence-electron chi connectivity index (χ1n) is 8.79. The average molecular weight is 382 g/mol. The Morgan fingerprint density at radius 2 is 1.68 bits per heavy atom. The van der Waals surface area contributed by atoms with Crippen LogP contribution in [0.2, 0.25) is 0 Å². The van der Waals surface area contributed by atoms with E-state index >= 15 is 0 Å². The molecule has 0 aliphatic carbocycles. The van der Waals surface area contributed by atoms with E-state index in [4.69, 9.17) is 4.74 Å². The first-order chi connectivity index (χ1) is 13.5. The number of ether oxygens (including phenoxy) is 1. The third kappa shape index (κ3) is 4.01. The Morgan fingerprint density at radius 3 is 2.43 bits per heavy atom. The van der Waals surface area contributed by atoms with Gasteiger partial charge in [0.1, 0.15) is 18.3 Å². The van der Waals surface area contributed by atoms with Crippen molar-refractivity contribution >= 4 is 22.4 Å². The van der Waals surface area contributed by atoms with Crippen molar-refractivity contribution in [2.24, 2.45) is 4.99 Å². The number of nitrogens with one attached hydrogen (secondary N) is 1. The van der Waals surface area contributed by atoms with Crippen LogP contribution in [-0.4, -0.2) is 18.7 Å². The summed E-state index contributed by atoms with van der Waals surface area (Å²) >= 11 is 0. The van der Waals surface area contributed by atoms with Gasteiger partial charge >= 0.3 is 6.18 Å². The summed E-state index contributed by atoms with van der Waals surface area (Å²) in [6.07, 6.45) is -3.65. The van der Waals surface area contributed by atoms with E-state index in [0.29, 0.717) is 5.69 Å². The van der Waals surface area contributed by atoms with Crippen molar-refractivity contribution in [2.75, 3.05) is 11.9 Å². The van der Waals surface area contributed by atoms with Crippen molar-refractivity contribution in [3.05, 3.63) is 90.1 Å². The highest BCUT2D eigenvalue weighted by Gasteiger charge is 2.35. The molecule has 0 fully saturated rings. The highest BCUT2D eigenvalue weighted by atomic mass is 19.4. The number of anilines is 1. The lowest BCUT2D eigenvalue weighted by molar-refractivity contribution is -0.0902. The van der Waals surface area contributed by atoms with Gasteiger partial charge in [-0.15, -0.1) is 0 Å². The summed E-state index contributed by atoms with van der Waals surface area (Å²) in [6.45, 7) is 0.219. The lowest BCUT2D eigenvalue weighted by Crippen LogP contribution is -2.20. The maximum absolute atomic E-state index is 13.6. The molecule has 3 aromatic carbocycles. The SMILES string of the molecule is FC(F)(F)C(=CC1=NC(c2ccccc2)CO1)Nc1ccc2ccccc2c1. The van der Waals surface area contributed by atoms with Crippen molar-refractivity contribution in [1.29, 1.82) is 0 Å². The van der Waals surface area contributed by atoms with Crippen LogP contribution in [0.4, 0.5) is 18.9 Å². The molecular formula is C22H17F3N2O. The molecule has 3 nitrogen and oxygen atoms in total. The number of halogens is 3. The largest absolute Gasteiger partial charge is 0.475 e. The van der Waals surface area contributed by atoms with Gasteiger partial charge in [-0.05, 0) is 28.5 Å². The molecule has 142 valence electrons. The molecule has 4 rings (SSSR count). The molecule has 0 spiro atoms. The first-order valence-corrected chi connectivity index (χ1v) is 8.79. The zero-order chi connectivity index (χ0) is 19.6. The van der Waals surface area contributed by atoms with Gasteiger partial charge in [0.25, 0.3) is 0 Å². The molecular weight excluding hydrogens is 365 g/mol. The molecule has 0 amide bonds. The number of allylic oxidation sites excluding steroid dienone is 1. The van der Waals surface area contributed by atoms with Crippen LogP contribution in [0.25, 0.3) is 10.8 Å². The minimum absolute atomic E-state index is 0.0329. The van der Waals surface area contributed by atoms with Crippen LogP contribution >= 0.6 is 0 Å². The minimum atomic E-state index is -4.57. The number of rotatable bonds is 4. The lowest BCUT2D eigenvalue weighted by atomic mass is 10.1. The standard InChI is InChI=1S/C22H17F3N2O/c23-22(24,25)20(26-18-11-10-15-6-4-5-9-17(15)12-18)13-21-27-19(14-28-21)16-7-2-1-3-8-16/h1-13,19,26H,14H2. The molecule has 1 N–H and O–H groups in total. The van der Waals surface area contributed by atoms with Gasteiger partial charge in [-0.25, -0.2) is 4.99 Å². The Labute approximate surface area is 160 Å². The fourth-order valence-electron chi connectivity index (χ4n) is 3.05.